The summed E-state index contributed by atoms with van der Waals surface area (Å²) in [5, 5.41) is 15.1. The molecule has 0 bridgehead atoms. The average molecular weight is 2030 g/mol. The Kier molecular flexibility index (Phi) is 41.9. The van der Waals surface area contributed by atoms with E-state index in [1.54, 1.807) is 131 Å². The molecule has 0 spiro atoms. The van der Waals surface area contributed by atoms with Gasteiger partial charge in [0.1, 0.15) is 28.7 Å². The predicted octanol–water partition coefficient (Wildman–Crippen LogP) is 20.8. The Balaban J connectivity index is 0.000000166. The van der Waals surface area contributed by atoms with Gasteiger partial charge in [0.2, 0.25) is 25.7 Å². The lowest BCUT2D eigenvalue weighted by molar-refractivity contribution is -0.123. The Bertz CT molecular complexity index is 5560. The molecule has 5 atom stereocenters. The van der Waals surface area contributed by atoms with Crippen LogP contribution in [0.5, 0.6) is 57.5 Å². The van der Waals surface area contributed by atoms with Crippen LogP contribution in [0, 0.1) is 29.1 Å². The van der Waals surface area contributed by atoms with Crippen molar-refractivity contribution in [3.63, 3.8) is 0 Å². The first-order chi connectivity index (χ1) is 68.5. The monoisotopic (exact) mass is 2020 g/mol. The molecule has 32 nitrogen and oxygen atoms in total. The SMILES string of the molecule is C1COCCO1.CCC(Oc1ccccc1F)C(=O)Nc1nc(-c2ccc(OC)cc2)ns1.CCC(Oc1ccccc1F)C(=O)Nc1nc(-c2ccc(OC)cc2)ns1.CCC(Oc1ccccc1F)C(=O)Nc1nc(-c2ccc(OC)cc2)ns1.CCC(Oc1ccccc1F)C(=O)Nc1nc(-c2ccc(OC)cc2)ns1.CCC(Oc1ccccc1F)C(=O)Nc1nc(-c2ccc(OC)cc2)ns1. The van der Waals surface area contributed by atoms with E-state index < -0.39 is 89.1 Å². The molecule has 15 aromatic rings. The summed E-state index contributed by atoms with van der Waals surface area (Å²) in [5.74, 6) is 1.78. The summed E-state index contributed by atoms with van der Waals surface area (Å²) in [7, 11) is 7.97. The third-order valence-electron chi connectivity index (χ3n) is 19.6. The van der Waals surface area contributed by atoms with Crippen LogP contribution in [0.1, 0.15) is 66.7 Å². The molecule has 141 heavy (non-hydrogen) atoms. The number of benzene rings is 10. The van der Waals surface area contributed by atoms with E-state index in [9.17, 15) is 45.9 Å². The van der Waals surface area contributed by atoms with E-state index >= 15 is 0 Å². The molecule has 5 N–H and O–H groups in total. The fourth-order valence-corrected chi connectivity index (χ4v) is 15.1. The highest BCUT2D eigenvalue weighted by molar-refractivity contribution is 7.11. The number of aromatic nitrogens is 10. The van der Waals surface area contributed by atoms with E-state index in [0.29, 0.717) is 86.9 Å². The van der Waals surface area contributed by atoms with Crippen molar-refractivity contribution in [2.45, 2.75) is 97.2 Å². The van der Waals surface area contributed by atoms with Crippen molar-refractivity contribution in [3.05, 3.63) is 272 Å². The van der Waals surface area contributed by atoms with E-state index in [1.807, 2.05) is 121 Å². The number of methoxy groups -OCH3 is 5. The van der Waals surface area contributed by atoms with E-state index in [4.69, 9.17) is 56.8 Å². The highest BCUT2D eigenvalue weighted by Crippen LogP contribution is 2.33. The summed E-state index contributed by atoms with van der Waals surface area (Å²) < 4.78 is 153. The van der Waals surface area contributed by atoms with Crippen LogP contribution in [-0.4, -0.2) is 169 Å². The Morgan fingerprint density at radius 2 is 0.418 bits per heavy atom. The number of halogens is 5. The van der Waals surface area contributed by atoms with Crippen molar-refractivity contribution >= 4 is 113 Å². The minimum Gasteiger partial charge on any atom is -0.497 e. The Hall–Kier alpha value is -15.1. The van der Waals surface area contributed by atoms with Gasteiger partial charge in [-0.1, -0.05) is 95.3 Å². The van der Waals surface area contributed by atoms with E-state index in [2.05, 4.69) is 73.4 Å². The lowest BCUT2D eigenvalue weighted by atomic mass is 10.2. The van der Waals surface area contributed by atoms with Gasteiger partial charge in [0.15, 0.2) is 117 Å². The molecule has 736 valence electrons. The van der Waals surface area contributed by atoms with Crippen molar-refractivity contribution in [2.75, 3.05) is 88.6 Å². The second kappa shape index (κ2) is 55.5. The lowest BCUT2D eigenvalue weighted by Crippen LogP contribution is -2.32. The summed E-state index contributed by atoms with van der Waals surface area (Å²) in [6.07, 6.45) is -2.29. The minimum atomic E-state index is -0.838. The number of amides is 5. The van der Waals surface area contributed by atoms with E-state index in [0.717, 1.165) is 141 Å². The highest BCUT2D eigenvalue weighted by atomic mass is 32.1. The molecule has 6 heterocycles. The largest absolute Gasteiger partial charge is 0.497 e. The zero-order chi connectivity index (χ0) is 100. The maximum atomic E-state index is 13.7. The fraction of sp³-hybridized carbons (Fsp3) is 0.242. The Morgan fingerprint density at radius 3 is 0.553 bits per heavy atom. The molecule has 1 fully saturated rings. The van der Waals surface area contributed by atoms with E-state index in [-0.39, 0.29) is 28.7 Å². The van der Waals surface area contributed by atoms with Crippen molar-refractivity contribution < 1.29 is 103 Å². The highest BCUT2D eigenvalue weighted by Gasteiger charge is 2.28. The zero-order valence-corrected chi connectivity index (χ0v) is 81.8. The smallest absolute Gasteiger partial charge is 0.267 e. The topological polar surface area (TPSA) is 385 Å². The molecule has 10 aromatic carbocycles. The van der Waals surface area contributed by atoms with Gasteiger partial charge in [0.25, 0.3) is 29.5 Å². The first-order valence-corrected chi connectivity index (χ1v) is 47.5. The van der Waals surface area contributed by atoms with E-state index in [1.165, 1.54) is 60.7 Å². The number of ether oxygens (including phenoxy) is 12. The normalized spacial score (nSPS) is 12.2. The molecule has 1 aliphatic heterocycles. The van der Waals surface area contributed by atoms with Crippen molar-refractivity contribution in [1.29, 1.82) is 0 Å². The van der Waals surface area contributed by atoms with Gasteiger partial charge < -0.3 is 56.8 Å². The third-order valence-corrected chi connectivity index (χ3v) is 22.8. The van der Waals surface area contributed by atoms with Gasteiger partial charge in [0, 0.05) is 85.5 Å². The molecule has 1 saturated heterocycles. The average Bonchev–Trinajstić information content (AvgIpc) is 1.74. The van der Waals surface area contributed by atoms with Gasteiger partial charge >= 0.3 is 0 Å². The molecule has 5 unspecified atom stereocenters. The summed E-state index contributed by atoms with van der Waals surface area (Å²) in [6, 6.07) is 66.3. The van der Waals surface area contributed by atoms with Crippen molar-refractivity contribution in [1.82, 2.24) is 46.8 Å². The maximum Gasteiger partial charge on any atom is 0.267 e. The van der Waals surface area contributed by atoms with Crippen LogP contribution in [0.25, 0.3) is 56.9 Å². The minimum absolute atomic E-state index is 0.0377. The third kappa shape index (κ3) is 32.5. The Labute approximate surface area is 829 Å². The number of hydrogen-bond acceptors (Lipinski definition) is 32. The number of rotatable bonds is 35. The van der Waals surface area contributed by atoms with Gasteiger partial charge in [-0.15, -0.1) is 0 Å². The maximum absolute atomic E-state index is 13.7. The van der Waals surface area contributed by atoms with Crippen LogP contribution in [-0.2, 0) is 33.4 Å². The number of nitrogens with one attached hydrogen (secondary N) is 5. The molecular weight excluding hydrogens is 1930 g/mol. The molecular formula is C99H98F5N15O17S5. The molecule has 1 aliphatic rings. The second-order valence-corrected chi connectivity index (χ2v) is 32.9. The second-order valence-electron chi connectivity index (χ2n) is 29.2. The van der Waals surface area contributed by atoms with Crippen LogP contribution in [0.4, 0.5) is 47.6 Å². The molecule has 42 heteroatoms. The first kappa shape index (κ1) is 106. The number of hydrogen-bond donors (Lipinski definition) is 5. The van der Waals surface area contributed by atoms with Crippen LogP contribution < -0.4 is 74.0 Å². The van der Waals surface area contributed by atoms with Crippen molar-refractivity contribution in [3.8, 4) is 114 Å². The summed E-state index contributed by atoms with van der Waals surface area (Å²) in [6.45, 7) is 12.0. The van der Waals surface area contributed by atoms with Crippen LogP contribution in [0.3, 0.4) is 0 Å². The number of anilines is 5. The molecule has 0 aliphatic carbocycles. The molecule has 5 aromatic heterocycles. The quantitative estimate of drug-likeness (QED) is 0.0230. The first-order valence-electron chi connectivity index (χ1n) is 43.7. The summed E-state index contributed by atoms with van der Waals surface area (Å²) >= 11 is 5.33. The van der Waals surface area contributed by atoms with Crippen molar-refractivity contribution in [2.24, 2.45) is 0 Å². The zero-order valence-electron chi connectivity index (χ0n) is 77.7. The predicted molar refractivity (Wildman–Crippen MR) is 530 cm³/mol. The lowest BCUT2D eigenvalue weighted by Gasteiger charge is -2.16. The molecule has 0 saturated carbocycles. The Morgan fingerprint density at radius 1 is 0.262 bits per heavy atom. The fourth-order valence-electron chi connectivity index (χ4n) is 12.1. The molecule has 16 rings (SSSR count). The molecule has 5 amide bonds. The summed E-state index contributed by atoms with van der Waals surface area (Å²) in [4.78, 5) is 83.9. The van der Waals surface area contributed by atoms with Gasteiger partial charge in [-0.3, -0.25) is 50.6 Å². The van der Waals surface area contributed by atoms with Crippen LogP contribution in [0.15, 0.2) is 243 Å². The number of carbonyl (C=O) groups is 5. The molecule has 0 radical (unpaired) electrons. The number of para-hydroxylation sites is 5. The standard InChI is InChI=1S/5C19H18FN3O3S.C4H8O2/c5*1-3-15(26-16-7-5-4-6-14(16)20)18(24)22-19-21-17(23-27-19)12-8-10-13(25-2)11-9-12;1-2-6-4-3-5-1/h5*4-11,15H,3H2,1-2H3,(H,21,22,23,24);1-4H2. The van der Waals surface area contributed by atoms with Gasteiger partial charge in [-0.25, -0.2) is 22.0 Å². The van der Waals surface area contributed by atoms with Gasteiger partial charge in [-0.05, 0) is 214 Å². The van der Waals surface area contributed by atoms with Gasteiger partial charge in [-0.2, -0.15) is 46.8 Å². The summed E-state index contributed by atoms with van der Waals surface area (Å²) in [5.41, 5.74) is 4.04. The van der Waals surface area contributed by atoms with Crippen LogP contribution in [0.2, 0.25) is 0 Å². The number of nitrogens with zero attached hydrogens (tertiary/aromatic N) is 10. The van der Waals surface area contributed by atoms with Crippen LogP contribution >= 0.6 is 57.7 Å². The number of carbonyl (C=O) groups excluding carboxylic acids is 5. The van der Waals surface area contributed by atoms with Gasteiger partial charge in [0.05, 0.1) is 62.0 Å².